The minimum Gasteiger partial charge on any atom is -0.387 e. The summed E-state index contributed by atoms with van der Waals surface area (Å²) in [5.74, 6) is 0.179. The topological polar surface area (TPSA) is 71.2 Å². The molecule has 0 spiro atoms. The van der Waals surface area contributed by atoms with Gasteiger partial charge in [0.05, 0.1) is 19.2 Å². The molecule has 6 nitrogen and oxygen atoms in total. The average molecular weight is 422 g/mol. The maximum absolute atomic E-state index is 12.7. The van der Waals surface area contributed by atoms with Crippen molar-refractivity contribution in [3.63, 3.8) is 0 Å². The number of nitrogens with zero attached hydrogens (tertiary/aromatic N) is 4. The molecule has 0 aliphatic carbocycles. The first-order valence-electron chi connectivity index (χ1n) is 8.82. The van der Waals surface area contributed by atoms with Crippen LogP contribution in [0.15, 0.2) is 41.5 Å². The largest absolute Gasteiger partial charge is 0.425 e. The zero-order valence-electron chi connectivity index (χ0n) is 15.3. The van der Waals surface area contributed by atoms with Gasteiger partial charge < -0.3 is 10.0 Å². The number of aryl methyl sites for hydroxylation is 1. The molecule has 0 saturated carbocycles. The molecule has 1 unspecified atom stereocenters. The molecule has 1 aliphatic rings. The Labute approximate surface area is 167 Å². The minimum atomic E-state index is -4.40. The maximum Gasteiger partial charge on any atom is 0.425 e. The van der Waals surface area contributed by atoms with E-state index >= 15 is 0 Å². The third-order valence-electron chi connectivity index (χ3n) is 4.72. The van der Waals surface area contributed by atoms with Gasteiger partial charge in [-0.15, -0.1) is 11.3 Å². The predicted molar refractivity (Wildman–Crippen MR) is 102 cm³/mol. The number of aliphatic hydroxyl groups excluding tert-OH is 1. The zero-order valence-corrected chi connectivity index (χ0v) is 16.2. The molecule has 0 fully saturated rings. The van der Waals surface area contributed by atoms with Gasteiger partial charge in [-0.3, -0.25) is 4.57 Å². The van der Waals surface area contributed by atoms with Crippen LogP contribution < -0.4 is 10.6 Å². The van der Waals surface area contributed by atoms with Crippen LogP contribution in [0.25, 0.3) is 0 Å². The lowest BCUT2D eigenvalue weighted by Gasteiger charge is -2.32. The lowest BCUT2D eigenvalue weighted by atomic mass is 9.96. The fourth-order valence-electron chi connectivity index (χ4n) is 3.29. The average Bonchev–Trinajstić information content (AvgIpc) is 3.13. The summed E-state index contributed by atoms with van der Waals surface area (Å²) in [4.78, 5) is 21.9. The number of β-amino-alcohol motifs (C(OH)–C–C–N with tert-alkyl or cyclic N) is 1. The van der Waals surface area contributed by atoms with Gasteiger partial charge in [0.15, 0.2) is 0 Å². The van der Waals surface area contributed by atoms with Crippen molar-refractivity contribution < 1.29 is 18.3 Å². The fraction of sp³-hybridized carbons (Fsp3) is 0.316. The minimum absolute atomic E-state index is 0.0371. The van der Waals surface area contributed by atoms with Crippen molar-refractivity contribution in [3.05, 3.63) is 73.6 Å². The third-order valence-corrected chi connectivity index (χ3v) is 5.83. The van der Waals surface area contributed by atoms with Gasteiger partial charge in [-0.05, 0) is 30.2 Å². The number of fused-ring (bicyclic) bond motifs is 1. The second-order valence-corrected chi connectivity index (χ2v) is 8.10. The van der Waals surface area contributed by atoms with Gasteiger partial charge >= 0.3 is 11.9 Å². The molecule has 0 radical (unpaired) electrons. The summed E-state index contributed by atoms with van der Waals surface area (Å²) in [6.45, 7) is 2.62. The zero-order chi connectivity index (χ0) is 20.8. The van der Waals surface area contributed by atoms with Crippen molar-refractivity contribution in [2.75, 3.05) is 11.4 Å². The number of aliphatic hydroxyl groups is 1. The standard InChI is InChI=1S/C19H17F3N4O2S/c1-11-2-3-12-7-25(9-15(27)14(12)6-11)17-23-10-26(18(28)24-17)8-13-4-5-16(29-13)19(20,21)22/h2-6,10,15,27H,7-9H2,1H3. The van der Waals surface area contributed by atoms with E-state index in [0.717, 1.165) is 27.3 Å². The van der Waals surface area contributed by atoms with Crippen LogP contribution in [0.4, 0.5) is 19.1 Å². The van der Waals surface area contributed by atoms with E-state index in [4.69, 9.17) is 0 Å². The van der Waals surface area contributed by atoms with Crippen LogP contribution in [0.3, 0.4) is 0 Å². The van der Waals surface area contributed by atoms with E-state index < -0.39 is 22.8 Å². The highest BCUT2D eigenvalue weighted by atomic mass is 32.1. The van der Waals surface area contributed by atoms with E-state index in [1.54, 1.807) is 4.90 Å². The van der Waals surface area contributed by atoms with Gasteiger partial charge in [-0.2, -0.15) is 18.2 Å². The Balaban J connectivity index is 1.54. The molecule has 0 bridgehead atoms. The molecule has 3 aromatic rings. The van der Waals surface area contributed by atoms with Crippen LogP contribution in [0.5, 0.6) is 0 Å². The normalized spacial score (nSPS) is 16.7. The van der Waals surface area contributed by atoms with Gasteiger partial charge in [0, 0.05) is 11.4 Å². The first-order chi connectivity index (χ1) is 13.7. The van der Waals surface area contributed by atoms with E-state index in [-0.39, 0.29) is 19.0 Å². The Bertz CT molecular complexity index is 1110. The number of aromatic nitrogens is 3. The van der Waals surface area contributed by atoms with E-state index in [1.165, 1.54) is 12.4 Å². The molecule has 2 aromatic heterocycles. The first-order valence-corrected chi connectivity index (χ1v) is 9.64. The molecular weight excluding hydrogens is 405 g/mol. The van der Waals surface area contributed by atoms with Crippen molar-refractivity contribution in [1.29, 1.82) is 0 Å². The molecule has 1 aromatic carbocycles. The van der Waals surface area contributed by atoms with Crippen molar-refractivity contribution in [1.82, 2.24) is 14.5 Å². The van der Waals surface area contributed by atoms with Crippen LogP contribution in [0.1, 0.15) is 32.5 Å². The summed E-state index contributed by atoms with van der Waals surface area (Å²) in [6.07, 6.45) is -3.86. The van der Waals surface area contributed by atoms with Crippen LogP contribution >= 0.6 is 11.3 Å². The quantitative estimate of drug-likeness (QED) is 0.702. The Hall–Kier alpha value is -2.72. The third kappa shape index (κ3) is 4.03. The van der Waals surface area contributed by atoms with Crippen molar-refractivity contribution in [3.8, 4) is 0 Å². The summed E-state index contributed by atoms with van der Waals surface area (Å²) < 4.78 is 39.3. The Morgan fingerprint density at radius 2 is 2.07 bits per heavy atom. The van der Waals surface area contributed by atoms with Crippen molar-refractivity contribution >= 4 is 17.3 Å². The second kappa shape index (κ2) is 7.27. The highest BCUT2D eigenvalue weighted by Crippen LogP contribution is 2.34. The summed E-state index contributed by atoms with van der Waals surface area (Å²) in [5, 5.41) is 10.4. The second-order valence-electron chi connectivity index (χ2n) is 6.93. The number of hydrogen-bond donors (Lipinski definition) is 1. The molecule has 152 valence electrons. The van der Waals surface area contributed by atoms with Crippen LogP contribution in [-0.4, -0.2) is 26.2 Å². The highest BCUT2D eigenvalue weighted by Gasteiger charge is 2.32. The van der Waals surface area contributed by atoms with E-state index in [1.807, 2.05) is 25.1 Å². The molecular formula is C19H17F3N4O2S. The molecule has 1 aliphatic heterocycles. The number of anilines is 1. The van der Waals surface area contributed by atoms with Gasteiger partial charge in [0.1, 0.15) is 11.2 Å². The molecule has 4 rings (SSSR count). The molecule has 0 saturated heterocycles. The highest BCUT2D eigenvalue weighted by molar-refractivity contribution is 7.12. The van der Waals surface area contributed by atoms with Crippen LogP contribution in [0, 0.1) is 6.92 Å². The number of thiophene rings is 1. The number of alkyl halides is 3. The summed E-state index contributed by atoms with van der Waals surface area (Å²) >= 11 is 0.586. The van der Waals surface area contributed by atoms with Gasteiger partial charge in [-0.1, -0.05) is 23.8 Å². The number of hydrogen-bond acceptors (Lipinski definition) is 6. The van der Waals surface area contributed by atoms with Crippen LogP contribution in [0.2, 0.25) is 0 Å². The van der Waals surface area contributed by atoms with Crippen molar-refractivity contribution in [2.45, 2.75) is 32.3 Å². The molecule has 3 heterocycles. The maximum atomic E-state index is 12.7. The monoisotopic (exact) mass is 422 g/mol. The Morgan fingerprint density at radius 1 is 1.28 bits per heavy atom. The van der Waals surface area contributed by atoms with E-state index in [0.29, 0.717) is 22.8 Å². The smallest absolute Gasteiger partial charge is 0.387 e. The fourth-order valence-corrected chi connectivity index (χ4v) is 4.17. The lowest BCUT2D eigenvalue weighted by Crippen LogP contribution is -2.37. The van der Waals surface area contributed by atoms with E-state index in [2.05, 4.69) is 9.97 Å². The first kappa shape index (κ1) is 19.6. The SMILES string of the molecule is Cc1ccc2c(c1)C(O)CN(c1ncn(Cc3ccc(C(F)(F)F)s3)c(=O)n1)C2. The molecule has 10 heteroatoms. The number of halogens is 3. The predicted octanol–water partition coefficient (Wildman–Crippen LogP) is 3.13. The molecule has 1 atom stereocenters. The number of benzene rings is 1. The Morgan fingerprint density at radius 3 is 2.76 bits per heavy atom. The summed E-state index contributed by atoms with van der Waals surface area (Å²) in [5.41, 5.74) is 2.23. The molecule has 1 N–H and O–H groups in total. The van der Waals surface area contributed by atoms with Gasteiger partial charge in [-0.25, -0.2) is 9.78 Å². The van der Waals surface area contributed by atoms with Gasteiger partial charge in [0.2, 0.25) is 5.95 Å². The molecule has 29 heavy (non-hydrogen) atoms. The lowest BCUT2D eigenvalue weighted by molar-refractivity contribution is -0.134. The number of rotatable bonds is 3. The Kier molecular flexibility index (Phi) is 4.91. The van der Waals surface area contributed by atoms with Crippen LogP contribution in [-0.2, 0) is 19.3 Å². The molecule has 0 amide bonds. The summed E-state index contributed by atoms with van der Waals surface area (Å²) in [7, 11) is 0. The van der Waals surface area contributed by atoms with E-state index in [9.17, 15) is 23.1 Å². The van der Waals surface area contributed by atoms with Gasteiger partial charge in [0.25, 0.3) is 0 Å². The van der Waals surface area contributed by atoms with Crippen molar-refractivity contribution in [2.24, 2.45) is 0 Å². The summed E-state index contributed by atoms with van der Waals surface area (Å²) in [6, 6.07) is 8.15.